The first-order valence-electron chi connectivity index (χ1n) is 9.23. The maximum atomic E-state index is 12.4. The largest absolute Gasteiger partial charge is 0.440 e. The number of nitrogens with one attached hydrogen (secondary N) is 3. The van der Waals surface area contributed by atoms with Crippen molar-refractivity contribution < 1.29 is 9.21 Å². The highest BCUT2D eigenvalue weighted by atomic mass is 16.3. The van der Waals surface area contributed by atoms with Crippen LogP contribution in [0.5, 0.6) is 0 Å². The van der Waals surface area contributed by atoms with Crippen LogP contribution in [0.4, 0.5) is 10.5 Å². The van der Waals surface area contributed by atoms with Crippen molar-refractivity contribution in [1.29, 1.82) is 0 Å². The second kappa shape index (κ2) is 6.67. The SMILES string of the molecule is CC(NC(=O)Nc1ccc2oc(C(C)(C)C)nc2c1)c1nc2ccccc2[nH]1. The zero-order valence-electron chi connectivity index (χ0n) is 16.3. The highest BCUT2D eigenvalue weighted by Crippen LogP contribution is 2.27. The number of anilines is 1. The zero-order valence-corrected chi connectivity index (χ0v) is 16.3. The molecule has 3 N–H and O–H groups in total. The Morgan fingerprint density at radius 3 is 2.64 bits per heavy atom. The van der Waals surface area contributed by atoms with Gasteiger partial charge in [-0.1, -0.05) is 32.9 Å². The lowest BCUT2D eigenvalue weighted by Gasteiger charge is -2.12. The van der Waals surface area contributed by atoms with Gasteiger partial charge in [0.25, 0.3) is 0 Å². The van der Waals surface area contributed by atoms with Crippen molar-refractivity contribution in [2.75, 3.05) is 5.32 Å². The number of aromatic amines is 1. The normalized spacial score (nSPS) is 13.0. The number of benzene rings is 2. The molecule has 0 aliphatic heterocycles. The van der Waals surface area contributed by atoms with Crippen molar-refractivity contribution in [1.82, 2.24) is 20.3 Å². The average molecular weight is 377 g/mol. The number of amides is 2. The summed E-state index contributed by atoms with van der Waals surface area (Å²) in [5, 5.41) is 5.74. The molecule has 7 nitrogen and oxygen atoms in total. The summed E-state index contributed by atoms with van der Waals surface area (Å²) in [6, 6.07) is 12.6. The number of imidazole rings is 1. The lowest BCUT2D eigenvalue weighted by Crippen LogP contribution is -2.31. The van der Waals surface area contributed by atoms with E-state index in [0.717, 1.165) is 11.0 Å². The molecule has 2 heterocycles. The van der Waals surface area contributed by atoms with Gasteiger partial charge < -0.3 is 20.0 Å². The van der Waals surface area contributed by atoms with Crippen molar-refractivity contribution >= 4 is 33.9 Å². The first kappa shape index (κ1) is 18.0. The zero-order chi connectivity index (χ0) is 19.9. The maximum Gasteiger partial charge on any atom is 0.319 e. The summed E-state index contributed by atoms with van der Waals surface area (Å²) in [6.45, 7) is 8.02. The van der Waals surface area contributed by atoms with E-state index in [1.807, 2.05) is 58.0 Å². The molecular formula is C21H23N5O2. The molecule has 0 aliphatic rings. The van der Waals surface area contributed by atoms with Crippen LogP contribution in [0.3, 0.4) is 0 Å². The number of rotatable bonds is 3. The number of aromatic nitrogens is 3. The quantitative estimate of drug-likeness (QED) is 0.474. The van der Waals surface area contributed by atoms with E-state index < -0.39 is 0 Å². The third kappa shape index (κ3) is 3.55. The summed E-state index contributed by atoms with van der Waals surface area (Å²) in [6.07, 6.45) is 0. The number of urea groups is 1. The fourth-order valence-electron chi connectivity index (χ4n) is 2.94. The Morgan fingerprint density at radius 2 is 1.89 bits per heavy atom. The van der Waals surface area contributed by atoms with E-state index in [4.69, 9.17) is 4.42 Å². The predicted octanol–water partition coefficient (Wildman–Crippen LogP) is 4.88. The minimum absolute atomic E-state index is 0.175. The first-order valence-corrected chi connectivity index (χ1v) is 9.23. The number of fused-ring (bicyclic) bond motifs is 2. The number of H-pyrrole nitrogens is 1. The molecule has 7 heteroatoms. The topological polar surface area (TPSA) is 95.8 Å². The van der Waals surface area contributed by atoms with Crippen LogP contribution in [-0.4, -0.2) is 21.0 Å². The highest BCUT2D eigenvalue weighted by Gasteiger charge is 2.21. The average Bonchev–Trinajstić information content (AvgIpc) is 3.25. The fraction of sp³-hybridized carbons (Fsp3) is 0.286. The molecule has 0 fully saturated rings. The Balaban J connectivity index is 1.46. The smallest absolute Gasteiger partial charge is 0.319 e. The van der Waals surface area contributed by atoms with E-state index in [0.29, 0.717) is 28.5 Å². The van der Waals surface area contributed by atoms with Gasteiger partial charge in [0.15, 0.2) is 5.58 Å². The standard InChI is InChI=1S/C21H23N5O2/c1-12(18-24-14-7-5-6-8-15(14)25-18)22-20(27)23-13-9-10-17-16(11-13)26-19(28-17)21(2,3)4/h5-12H,1-4H3,(H,24,25)(H2,22,23,27). The summed E-state index contributed by atoms with van der Waals surface area (Å²) in [5.74, 6) is 1.38. The Morgan fingerprint density at radius 1 is 1.11 bits per heavy atom. The van der Waals surface area contributed by atoms with Gasteiger partial charge in [0.2, 0.25) is 5.89 Å². The van der Waals surface area contributed by atoms with Gasteiger partial charge in [-0.15, -0.1) is 0 Å². The van der Waals surface area contributed by atoms with E-state index in [1.165, 1.54) is 0 Å². The summed E-state index contributed by atoms with van der Waals surface area (Å²) < 4.78 is 5.79. The number of hydrogen-bond acceptors (Lipinski definition) is 4. The van der Waals surface area contributed by atoms with Gasteiger partial charge in [-0.05, 0) is 37.3 Å². The van der Waals surface area contributed by atoms with Gasteiger partial charge in [-0.2, -0.15) is 0 Å². The first-order chi connectivity index (χ1) is 13.3. The minimum Gasteiger partial charge on any atom is -0.440 e. The third-order valence-corrected chi connectivity index (χ3v) is 4.45. The van der Waals surface area contributed by atoms with Crippen LogP contribution in [0.15, 0.2) is 46.9 Å². The van der Waals surface area contributed by atoms with Crippen LogP contribution in [0.1, 0.15) is 45.5 Å². The molecule has 4 rings (SSSR count). The molecule has 0 bridgehead atoms. The van der Waals surface area contributed by atoms with Crippen molar-refractivity contribution in [3.05, 3.63) is 54.2 Å². The summed E-state index contributed by atoms with van der Waals surface area (Å²) in [4.78, 5) is 24.7. The molecule has 28 heavy (non-hydrogen) atoms. The molecule has 4 aromatic rings. The molecule has 2 aromatic heterocycles. The molecule has 0 saturated heterocycles. The summed E-state index contributed by atoms with van der Waals surface area (Å²) in [5.41, 5.74) is 3.71. The lowest BCUT2D eigenvalue weighted by molar-refractivity contribution is 0.249. The maximum absolute atomic E-state index is 12.4. The van der Waals surface area contributed by atoms with Crippen LogP contribution >= 0.6 is 0 Å². The molecule has 1 unspecified atom stereocenters. The monoisotopic (exact) mass is 377 g/mol. The van der Waals surface area contributed by atoms with Gasteiger partial charge in [-0.3, -0.25) is 0 Å². The van der Waals surface area contributed by atoms with Gasteiger partial charge in [-0.25, -0.2) is 14.8 Å². The van der Waals surface area contributed by atoms with E-state index in [9.17, 15) is 4.79 Å². The Kier molecular flexibility index (Phi) is 4.30. The third-order valence-electron chi connectivity index (χ3n) is 4.45. The van der Waals surface area contributed by atoms with Crippen molar-refractivity contribution in [3.8, 4) is 0 Å². The number of hydrogen-bond donors (Lipinski definition) is 3. The van der Waals surface area contributed by atoms with E-state index >= 15 is 0 Å². The van der Waals surface area contributed by atoms with Crippen LogP contribution in [0.25, 0.3) is 22.1 Å². The summed E-state index contributed by atoms with van der Waals surface area (Å²) >= 11 is 0. The van der Waals surface area contributed by atoms with Crippen LogP contribution < -0.4 is 10.6 Å². The Hall–Kier alpha value is -3.35. The summed E-state index contributed by atoms with van der Waals surface area (Å²) in [7, 11) is 0. The number of para-hydroxylation sites is 2. The van der Waals surface area contributed by atoms with Gasteiger partial charge >= 0.3 is 6.03 Å². The van der Waals surface area contributed by atoms with Crippen molar-refractivity contribution in [2.24, 2.45) is 0 Å². The Labute approximate surface area is 162 Å². The molecule has 0 radical (unpaired) electrons. The van der Waals surface area contributed by atoms with Crippen LogP contribution in [0, 0.1) is 0 Å². The van der Waals surface area contributed by atoms with E-state index in [1.54, 1.807) is 12.1 Å². The predicted molar refractivity (Wildman–Crippen MR) is 109 cm³/mol. The molecule has 2 aromatic carbocycles. The van der Waals surface area contributed by atoms with Gasteiger partial charge in [0.1, 0.15) is 11.3 Å². The van der Waals surface area contributed by atoms with Crippen LogP contribution in [0.2, 0.25) is 0 Å². The van der Waals surface area contributed by atoms with Crippen molar-refractivity contribution in [2.45, 2.75) is 39.2 Å². The van der Waals surface area contributed by atoms with Gasteiger partial charge in [0.05, 0.1) is 17.1 Å². The second-order valence-corrected chi connectivity index (χ2v) is 7.91. The second-order valence-electron chi connectivity index (χ2n) is 7.91. The Bertz CT molecular complexity index is 1120. The van der Waals surface area contributed by atoms with Gasteiger partial charge in [0, 0.05) is 11.1 Å². The number of carbonyl (C=O) groups excluding carboxylic acids is 1. The number of oxazole rings is 1. The number of nitrogens with zero attached hydrogens (tertiary/aromatic N) is 2. The van der Waals surface area contributed by atoms with Crippen molar-refractivity contribution in [3.63, 3.8) is 0 Å². The fourth-order valence-corrected chi connectivity index (χ4v) is 2.94. The molecular weight excluding hydrogens is 354 g/mol. The molecule has 144 valence electrons. The van der Waals surface area contributed by atoms with Crippen LogP contribution in [-0.2, 0) is 5.41 Å². The minimum atomic E-state index is -0.313. The molecule has 0 saturated carbocycles. The van der Waals surface area contributed by atoms with E-state index in [-0.39, 0.29) is 17.5 Å². The highest BCUT2D eigenvalue weighted by molar-refractivity contribution is 5.91. The number of carbonyl (C=O) groups is 1. The molecule has 0 aliphatic carbocycles. The lowest BCUT2D eigenvalue weighted by atomic mass is 9.97. The molecule has 1 atom stereocenters. The van der Waals surface area contributed by atoms with E-state index in [2.05, 4.69) is 25.6 Å². The molecule has 0 spiro atoms. The molecule has 2 amide bonds.